The highest BCUT2D eigenvalue weighted by Crippen LogP contribution is 2.33. The van der Waals surface area contributed by atoms with Gasteiger partial charge in [0.1, 0.15) is 0 Å². The van der Waals surface area contributed by atoms with Crippen molar-refractivity contribution in [2.24, 2.45) is 11.8 Å². The van der Waals surface area contributed by atoms with Crippen LogP contribution in [0.5, 0.6) is 0 Å². The maximum atomic E-state index is 11.1. The molecule has 0 spiro atoms. The van der Waals surface area contributed by atoms with Crippen LogP contribution in [0.3, 0.4) is 0 Å². The third kappa shape index (κ3) is 4.81. The zero-order valence-electron chi connectivity index (χ0n) is 17.4. The van der Waals surface area contributed by atoms with Gasteiger partial charge >= 0.3 is 6.09 Å². The van der Waals surface area contributed by atoms with Crippen molar-refractivity contribution in [2.75, 3.05) is 27.2 Å². The lowest BCUT2D eigenvalue weighted by atomic mass is 9.91. The van der Waals surface area contributed by atoms with E-state index in [0.717, 1.165) is 54.8 Å². The number of rotatable bonds is 7. The fourth-order valence-electron chi connectivity index (χ4n) is 4.22. The van der Waals surface area contributed by atoms with Crippen molar-refractivity contribution in [3.63, 3.8) is 0 Å². The molecule has 6 heteroatoms. The molecule has 4 rings (SSSR count). The average Bonchev–Trinajstić information content (AvgIpc) is 3.44. The van der Waals surface area contributed by atoms with Crippen molar-refractivity contribution in [3.8, 4) is 0 Å². The van der Waals surface area contributed by atoms with Gasteiger partial charge in [0.25, 0.3) is 0 Å². The van der Waals surface area contributed by atoms with Gasteiger partial charge in [0.2, 0.25) is 0 Å². The van der Waals surface area contributed by atoms with Gasteiger partial charge in [-0.1, -0.05) is 23.4 Å². The Bertz CT molecular complexity index is 890. The zero-order chi connectivity index (χ0) is 20.4. The maximum Gasteiger partial charge on any atom is 0.407 e. The molecule has 0 atom stereocenters. The molecule has 2 aliphatic rings. The van der Waals surface area contributed by atoms with Crippen LogP contribution in [0.4, 0.5) is 4.79 Å². The molecule has 1 N–H and O–H groups in total. The largest absolute Gasteiger partial charge is 0.465 e. The minimum Gasteiger partial charge on any atom is -0.465 e. The molecule has 2 fully saturated rings. The molecule has 2 aromatic rings. The maximum absolute atomic E-state index is 11.1. The second-order valence-electron chi connectivity index (χ2n) is 8.83. The summed E-state index contributed by atoms with van der Waals surface area (Å²) in [6, 6.07) is 4.35. The van der Waals surface area contributed by atoms with E-state index in [4.69, 9.17) is 9.63 Å². The summed E-state index contributed by atoms with van der Waals surface area (Å²) >= 11 is 0. The Kier molecular flexibility index (Phi) is 5.90. The predicted octanol–water partition coefficient (Wildman–Crippen LogP) is 4.64. The Labute approximate surface area is 172 Å². The van der Waals surface area contributed by atoms with E-state index in [1.807, 2.05) is 0 Å². The molecule has 1 aliphatic heterocycles. The number of aromatic nitrogens is 1. The standard InChI is InChI=1S/C23H31N3O3/c1-25(2)15-20-18(7-5-16-3-4-16)8-9-19-21(24-29-22(19)20)10-6-17-11-13-26(14-12-17)23(27)28/h5,7-9,16-17H,3-4,6,10-15H2,1-2H3,(H,27,28)/b7-5+. The number of benzene rings is 1. The summed E-state index contributed by atoms with van der Waals surface area (Å²) in [5.74, 6) is 1.30. The van der Waals surface area contributed by atoms with Crippen LogP contribution in [0.1, 0.15) is 48.9 Å². The fraction of sp³-hybridized carbons (Fsp3) is 0.565. The van der Waals surface area contributed by atoms with Crippen LogP contribution in [0.2, 0.25) is 0 Å². The van der Waals surface area contributed by atoms with Crippen molar-refractivity contribution in [1.29, 1.82) is 0 Å². The van der Waals surface area contributed by atoms with Crippen LogP contribution in [0.25, 0.3) is 17.0 Å². The first kappa shape index (κ1) is 20.0. The molecule has 6 nitrogen and oxygen atoms in total. The number of allylic oxidation sites excluding steroid dienone is 1. The molecular formula is C23H31N3O3. The molecule has 29 heavy (non-hydrogen) atoms. The second-order valence-corrected chi connectivity index (χ2v) is 8.83. The van der Waals surface area contributed by atoms with E-state index in [-0.39, 0.29) is 0 Å². The molecule has 0 unspecified atom stereocenters. The van der Waals surface area contributed by atoms with Gasteiger partial charge in [-0.25, -0.2) is 4.79 Å². The third-order valence-corrected chi connectivity index (χ3v) is 6.17. The Balaban J connectivity index is 1.48. The van der Waals surface area contributed by atoms with Gasteiger partial charge in [-0.2, -0.15) is 0 Å². The number of fused-ring (bicyclic) bond motifs is 1. The quantitative estimate of drug-likeness (QED) is 0.737. The lowest BCUT2D eigenvalue weighted by Crippen LogP contribution is -2.37. The molecule has 0 radical (unpaired) electrons. The lowest BCUT2D eigenvalue weighted by Gasteiger charge is -2.29. The summed E-state index contributed by atoms with van der Waals surface area (Å²) in [7, 11) is 4.15. The number of carbonyl (C=O) groups is 1. The molecule has 156 valence electrons. The number of nitrogens with zero attached hydrogens (tertiary/aromatic N) is 3. The van der Waals surface area contributed by atoms with E-state index in [1.54, 1.807) is 0 Å². The minimum absolute atomic E-state index is 0.555. The van der Waals surface area contributed by atoms with Gasteiger partial charge in [-0.05, 0) is 76.1 Å². The molecule has 2 heterocycles. The Morgan fingerprint density at radius 1 is 1.28 bits per heavy atom. The summed E-state index contributed by atoms with van der Waals surface area (Å²) in [6.45, 7) is 2.11. The molecule has 0 bridgehead atoms. The highest BCUT2D eigenvalue weighted by Gasteiger charge is 2.23. The Morgan fingerprint density at radius 2 is 2.03 bits per heavy atom. The first-order chi connectivity index (χ1) is 14.0. The van der Waals surface area contributed by atoms with Gasteiger partial charge in [-0.3, -0.25) is 0 Å². The number of carboxylic acid groups (broad SMARTS) is 1. The summed E-state index contributed by atoms with van der Waals surface area (Å²) < 4.78 is 5.84. The van der Waals surface area contributed by atoms with E-state index in [1.165, 1.54) is 28.9 Å². The van der Waals surface area contributed by atoms with Crippen LogP contribution in [-0.4, -0.2) is 53.3 Å². The molecule has 1 aromatic carbocycles. The number of piperidine rings is 1. The molecule has 1 saturated carbocycles. The van der Waals surface area contributed by atoms with Crippen molar-refractivity contribution < 1.29 is 14.4 Å². The van der Waals surface area contributed by atoms with Gasteiger partial charge < -0.3 is 19.4 Å². The number of likely N-dealkylation sites (tertiary alicyclic amines) is 1. The molecular weight excluding hydrogens is 366 g/mol. The van der Waals surface area contributed by atoms with Crippen molar-refractivity contribution in [3.05, 3.63) is 35.0 Å². The monoisotopic (exact) mass is 397 g/mol. The van der Waals surface area contributed by atoms with E-state index in [2.05, 4.69) is 48.4 Å². The number of hydrogen-bond donors (Lipinski definition) is 1. The van der Waals surface area contributed by atoms with Crippen LogP contribution >= 0.6 is 0 Å². The first-order valence-corrected chi connectivity index (χ1v) is 10.7. The van der Waals surface area contributed by atoms with Crippen molar-refractivity contribution >= 4 is 23.1 Å². The summed E-state index contributed by atoms with van der Waals surface area (Å²) in [6.07, 6.45) is 10.2. The number of aryl methyl sites for hydroxylation is 1. The minimum atomic E-state index is -0.800. The van der Waals surface area contributed by atoms with E-state index >= 15 is 0 Å². The van der Waals surface area contributed by atoms with Gasteiger partial charge in [0, 0.05) is 30.6 Å². The first-order valence-electron chi connectivity index (χ1n) is 10.7. The average molecular weight is 398 g/mol. The van der Waals surface area contributed by atoms with Crippen LogP contribution in [0, 0.1) is 11.8 Å². The third-order valence-electron chi connectivity index (χ3n) is 6.17. The zero-order valence-corrected chi connectivity index (χ0v) is 17.4. The molecule has 1 aromatic heterocycles. The second kappa shape index (κ2) is 8.57. The lowest BCUT2D eigenvalue weighted by molar-refractivity contribution is 0.123. The normalized spacial score (nSPS) is 18.4. The highest BCUT2D eigenvalue weighted by molar-refractivity contribution is 5.85. The smallest absolute Gasteiger partial charge is 0.407 e. The van der Waals surface area contributed by atoms with Crippen molar-refractivity contribution in [1.82, 2.24) is 15.0 Å². The summed E-state index contributed by atoms with van der Waals surface area (Å²) in [4.78, 5) is 14.8. The van der Waals surface area contributed by atoms with E-state index < -0.39 is 6.09 Å². The van der Waals surface area contributed by atoms with Crippen LogP contribution in [0.15, 0.2) is 22.7 Å². The van der Waals surface area contributed by atoms with Crippen LogP contribution < -0.4 is 0 Å². The van der Waals surface area contributed by atoms with Gasteiger partial charge in [0.15, 0.2) is 5.58 Å². The Hall–Kier alpha value is -2.34. The van der Waals surface area contributed by atoms with Crippen LogP contribution in [-0.2, 0) is 13.0 Å². The van der Waals surface area contributed by atoms with Crippen molar-refractivity contribution in [2.45, 2.75) is 45.1 Å². The molecule has 1 aliphatic carbocycles. The highest BCUT2D eigenvalue weighted by atomic mass is 16.5. The Morgan fingerprint density at radius 3 is 2.69 bits per heavy atom. The van der Waals surface area contributed by atoms with Gasteiger partial charge in [0.05, 0.1) is 5.69 Å². The molecule has 1 saturated heterocycles. The predicted molar refractivity (Wildman–Crippen MR) is 114 cm³/mol. The molecule has 1 amide bonds. The van der Waals surface area contributed by atoms with E-state index in [0.29, 0.717) is 19.0 Å². The summed E-state index contributed by atoms with van der Waals surface area (Å²) in [5, 5.41) is 14.6. The topological polar surface area (TPSA) is 69.8 Å². The summed E-state index contributed by atoms with van der Waals surface area (Å²) in [5.41, 5.74) is 4.37. The number of hydrogen-bond acceptors (Lipinski definition) is 4. The fourth-order valence-corrected chi connectivity index (χ4v) is 4.22. The van der Waals surface area contributed by atoms with Gasteiger partial charge in [-0.15, -0.1) is 0 Å². The number of amides is 1. The SMILES string of the molecule is CN(C)Cc1c(/C=C/C2CC2)ccc2c(CCC3CCN(C(=O)O)CC3)noc12. The van der Waals surface area contributed by atoms with E-state index in [9.17, 15) is 4.79 Å².